The SMILES string of the molecule is CC1CC1CN(Cc1ccccc1)c1cc(-c2nnc([C@](C)(N)Cc3ccccc3)o2)cc(N(C)S(C)(=O)=O)n1. The number of rotatable bonds is 11. The average molecular weight is 561 g/mol. The zero-order valence-corrected chi connectivity index (χ0v) is 24.2. The fourth-order valence-electron chi connectivity index (χ4n) is 4.76. The van der Waals surface area contributed by atoms with Gasteiger partial charge in [0.15, 0.2) is 0 Å². The molecule has 1 aliphatic carbocycles. The molecule has 4 aromatic rings. The summed E-state index contributed by atoms with van der Waals surface area (Å²) >= 11 is 0. The second kappa shape index (κ2) is 11.0. The summed E-state index contributed by atoms with van der Waals surface area (Å²) in [5, 5.41) is 8.60. The highest BCUT2D eigenvalue weighted by Gasteiger charge is 2.35. The fourth-order valence-corrected chi connectivity index (χ4v) is 5.20. The highest BCUT2D eigenvalue weighted by Crippen LogP contribution is 2.40. The molecule has 40 heavy (non-hydrogen) atoms. The van der Waals surface area contributed by atoms with Crippen LogP contribution in [0.2, 0.25) is 0 Å². The van der Waals surface area contributed by atoms with Gasteiger partial charge in [0, 0.05) is 25.7 Å². The van der Waals surface area contributed by atoms with Crippen LogP contribution in [0.3, 0.4) is 0 Å². The van der Waals surface area contributed by atoms with E-state index in [0.717, 1.165) is 30.3 Å². The number of hydrogen-bond acceptors (Lipinski definition) is 8. The predicted octanol–water partition coefficient (Wildman–Crippen LogP) is 4.61. The summed E-state index contributed by atoms with van der Waals surface area (Å²) in [6.45, 7) is 5.55. The van der Waals surface area contributed by atoms with Crippen molar-refractivity contribution in [2.75, 3.05) is 29.1 Å². The number of aromatic nitrogens is 3. The smallest absolute Gasteiger partial charge is 0.248 e. The molecular weight excluding hydrogens is 524 g/mol. The summed E-state index contributed by atoms with van der Waals surface area (Å²) in [5.41, 5.74) is 8.51. The van der Waals surface area contributed by atoms with Crippen LogP contribution in [-0.2, 0) is 28.5 Å². The number of nitrogens with two attached hydrogens (primary N) is 1. The van der Waals surface area contributed by atoms with Gasteiger partial charge in [-0.2, -0.15) is 0 Å². The first-order valence-electron chi connectivity index (χ1n) is 13.4. The molecule has 210 valence electrons. The van der Waals surface area contributed by atoms with Crippen LogP contribution in [0.4, 0.5) is 11.6 Å². The largest absolute Gasteiger partial charge is 0.419 e. The first kappa shape index (κ1) is 27.8. The van der Waals surface area contributed by atoms with Gasteiger partial charge in [-0.3, -0.25) is 4.31 Å². The number of benzene rings is 2. The normalized spacial score (nSPS) is 18.2. The molecule has 0 saturated heterocycles. The Balaban J connectivity index is 1.53. The molecule has 2 N–H and O–H groups in total. The van der Waals surface area contributed by atoms with Crippen molar-refractivity contribution < 1.29 is 12.8 Å². The lowest BCUT2D eigenvalue weighted by Crippen LogP contribution is -2.35. The van der Waals surface area contributed by atoms with Crippen LogP contribution in [0.1, 0.15) is 37.3 Å². The standard InChI is InChI=1S/C30H36N6O3S/c1-21-15-25(21)20-36(19-23-13-9-6-10-14-23)27-17-24(16-26(32-27)35(3)40(4,37)38)28-33-34-29(39-28)30(2,31)18-22-11-7-5-8-12-22/h5-14,16-17,21,25H,15,18-20,31H2,1-4H3/t21?,25?,30-/m1/s1. The summed E-state index contributed by atoms with van der Waals surface area (Å²) in [4.78, 5) is 7.00. The molecule has 2 heterocycles. The third-order valence-corrected chi connectivity index (χ3v) is 8.65. The van der Waals surface area contributed by atoms with Crippen molar-refractivity contribution in [2.45, 2.75) is 38.8 Å². The molecule has 1 aliphatic rings. The second-order valence-electron chi connectivity index (χ2n) is 11.1. The van der Waals surface area contributed by atoms with Crippen LogP contribution in [0, 0.1) is 11.8 Å². The molecule has 9 nitrogen and oxygen atoms in total. The Morgan fingerprint density at radius 1 is 1.00 bits per heavy atom. The summed E-state index contributed by atoms with van der Waals surface area (Å²) in [5.74, 6) is 2.67. The van der Waals surface area contributed by atoms with E-state index in [1.807, 2.05) is 61.5 Å². The second-order valence-corrected chi connectivity index (χ2v) is 13.1. The van der Waals surface area contributed by atoms with Gasteiger partial charge in [0.25, 0.3) is 0 Å². The molecule has 1 saturated carbocycles. The molecular formula is C30H36N6O3S. The third kappa shape index (κ3) is 6.51. The van der Waals surface area contributed by atoms with Crippen molar-refractivity contribution in [1.29, 1.82) is 0 Å². The molecule has 0 amide bonds. The Bertz CT molecular complexity index is 1560. The van der Waals surface area contributed by atoms with Crippen molar-refractivity contribution in [3.8, 4) is 11.5 Å². The Hall–Kier alpha value is -3.76. The molecule has 1 fully saturated rings. The van der Waals surface area contributed by atoms with Gasteiger partial charge < -0.3 is 15.1 Å². The Kier molecular flexibility index (Phi) is 7.65. The fraction of sp³-hybridized carbons (Fsp3) is 0.367. The minimum absolute atomic E-state index is 0.256. The monoisotopic (exact) mass is 560 g/mol. The highest BCUT2D eigenvalue weighted by atomic mass is 32.2. The van der Waals surface area contributed by atoms with Gasteiger partial charge in [-0.25, -0.2) is 13.4 Å². The Morgan fingerprint density at radius 3 is 2.20 bits per heavy atom. The van der Waals surface area contributed by atoms with Gasteiger partial charge in [-0.1, -0.05) is 67.6 Å². The number of hydrogen-bond donors (Lipinski definition) is 1. The minimum Gasteiger partial charge on any atom is -0.419 e. The van der Waals surface area contributed by atoms with Gasteiger partial charge in [0.1, 0.15) is 11.6 Å². The van der Waals surface area contributed by atoms with Crippen molar-refractivity contribution in [3.63, 3.8) is 0 Å². The third-order valence-electron chi connectivity index (χ3n) is 7.46. The van der Waals surface area contributed by atoms with E-state index in [9.17, 15) is 8.42 Å². The number of nitrogens with zero attached hydrogens (tertiary/aromatic N) is 5. The topological polar surface area (TPSA) is 118 Å². The predicted molar refractivity (Wildman–Crippen MR) is 157 cm³/mol. The van der Waals surface area contributed by atoms with Crippen LogP contribution in [0.15, 0.2) is 77.2 Å². The van der Waals surface area contributed by atoms with E-state index < -0.39 is 15.6 Å². The van der Waals surface area contributed by atoms with E-state index in [4.69, 9.17) is 15.1 Å². The Labute approximate surface area is 236 Å². The molecule has 0 radical (unpaired) electrons. The van der Waals surface area contributed by atoms with E-state index in [1.165, 1.54) is 11.4 Å². The van der Waals surface area contributed by atoms with E-state index in [0.29, 0.717) is 42.1 Å². The molecule has 0 spiro atoms. The first-order valence-corrected chi connectivity index (χ1v) is 15.3. The van der Waals surface area contributed by atoms with Gasteiger partial charge in [0.05, 0.1) is 11.8 Å². The van der Waals surface area contributed by atoms with Crippen molar-refractivity contribution >= 4 is 21.7 Å². The lowest BCUT2D eigenvalue weighted by atomic mass is 9.94. The summed E-state index contributed by atoms with van der Waals surface area (Å²) in [6.07, 6.45) is 2.83. The van der Waals surface area contributed by atoms with Crippen molar-refractivity contribution in [2.24, 2.45) is 17.6 Å². The zero-order chi connectivity index (χ0) is 28.5. The zero-order valence-electron chi connectivity index (χ0n) is 23.4. The molecule has 0 bridgehead atoms. The van der Waals surface area contributed by atoms with Gasteiger partial charge in [-0.05, 0) is 54.9 Å². The van der Waals surface area contributed by atoms with Crippen LogP contribution >= 0.6 is 0 Å². The van der Waals surface area contributed by atoms with E-state index in [-0.39, 0.29) is 11.7 Å². The van der Waals surface area contributed by atoms with E-state index in [2.05, 4.69) is 34.2 Å². The lowest BCUT2D eigenvalue weighted by molar-refractivity contribution is 0.355. The summed E-state index contributed by atoms with van der Waals surface area (Å²) in [6, 6.07) is 23.6. The van der Waals surface area contributed by atoms with E-state index in [1.54, 1.807) is 6.07 Å². The Morgan fingerprint density at radius 2 is 1.60 bits per heavy atom. The van der Waals surface area contributed by atoms with Crippen LogP contribution in [0.5, 0.6) is 0 Å². The molecule has 0 aliphatic heterocycles. The van der Waals surface area contributed by atoms with Gasteiger partial charge >= 0.3 is 0 Å². The molecule has 3 atom stereocenters. The molecule has 10 heteroatoms. The van der Waals surface area contributed by atoms with Crippen LogP contribution in [-0.4, -0.2) is 43.4 Å². The molecule has 2 aromatic heterocycles. The number of anilines is 2. The van der Waals surface area contributed by atoms with Crippen LogP contribution < -0.4 is 14.9 Å². The highest BCUT2D eigenvalue weighted by molar-refractivity contribution is 7.92. The van der Waals surface area contributed by atoms with Crippen LogP contribution in [0.25, 0.3) is 11.5 Å². The number of pyridine rings is 1. The molecule has 5 rings (SSSR count). The van der Waals surface area contributed by atoms with Gasteiger partial charge in [-0.15, -0.1) is 10.2 Å². The minimum atomic E-state index is -3.56. The molecule has 2 unspecified atom stereocenters. The quantitative estimate of drug-likeness (QED) is 0.283. The maximum atomic E-state index is 12.5. The van der Waals surface area contributed by atoms with Crippen molar-refractivity contribution in [1.82, 2.24) is 15.2 Å². The summed E-state index contributed by atoms with van der Waals surface area (Å²) < 4.78 is 32.3. The van der Waals surface area contributed by atoms with Crippen molar-refractivity contribution in [3.05, 3.63) is 89.8 Å². The van der Waals surface area contributed by atoms with E-state index >= 15 is 0 Å². The van der Waals surface area contributed by atoms with Gasteiger partial charge in [0.2, 0.25) is 21.8 Å². The maximum absolute atomic E-state index is 12.5. The number of sulfonamides is 1. The maximum Gasteiger partial charge on any atom is 0.248 e. The average Bonchev–Trinajstić information content (AvgIpc) is 3.38. The molecule has 2 aromatic carbocycles. The lowest BCUT2D eigenvalue weighted by Gasteiger charge is -2.26. The first-order chi connectivity index (χ1) is 19.0. The summed E-state index contributed by atoms with van der Waals surface area (Å²) in [7, 11) is -2.07.